The van der Waals surface area contributed by atoms with Crippen LogP contribution in [0, 0.1) is 0 Å². The topological polar surface area (TPSA) is 101 Å². The summed E-state index contributed by atoms with van der Waals surface area (Å²) in [6.45, 7) is 1.06. The standard InChI is InChI=1S/C25H24N4O4/c1-33-25(32)18-8-10-20(11-9-18)28-24(31)23(30)27-16-22(19-6-4-13-26-15-19)29-14-12-17-5-2-3-7-21(17)29/h2-11,13,15,22H,12,14,16H2,1H3,(H,27,30)(H,28,31). The third-order valence-electron chi connectivity index (χ3n) is 5.59. The molecule has 0 aliphatic carbocycles. The van der Waals surface area contributed by atoms with Crippen molar-refractivity contribution in [3.05, 3.63) is 89.7 Å². The van der Waals surface area contributed by atoms with Crippen molar-refractivity contribution in [1.82, 2.24) is 10.3 Å². The number of hydrogen-bond acceptors (Lipinski definition) is 6. The van der Waals surface area contributed by atoms with Crippen molar-refractivity contribution in [3.8, 4) is 0 Å². The number of fused-ring (bicyclic) bond motifs is 1. The molecule has 33 heavy (non-hydrogen) atoms. The maximum absolute atomic E-state index is 12.5. The highest BCUT2D eigenvalue weighted by atomic mass is 16.5. The van der Waals surface area contributed by atoms with Gasteiger partial charge in [-0.05, 0) is 53.9 Å². The molecule has 1 aliphatic rings. The Morgan fingerprint density at radius 3 is 2.55 bits per heavy atom. The highest BCUT2D eigenvalue weighted by Crippen LogP contribution is 2.34. The smallest absolute Gasteiger partial charge is 0.337 e. The van der Waals surface area contributed by atoms with Gasteiger partial charge in [-0.25, -0.2) is 4.79 Å². The van der Waals surface area contributed by atoms with E-state index in [-0.39, 0.29) is 12.6 Å². The summed E-state index contributed by atoms with van der Waals surface area (Å²) in [5, 5.41) is 5.30. The molecule has 0 bridgehead atoms. The maximum Gasteiger partial charge on any atom is 0.337 e. The number of benzene rings is 2. The van der Waals surface area contributed by atoms with Crippen LogP contribution in [0.1, 0.15) is 27.5 Å². The third kappa shape index (κ3) is 5.01. The zero-order valence-corrected chi connectivity index (χ0v) is 18.2. The number of carbonyl (C=O) groups excluding carboxylic acids is 3. The first-order valence-electron chi connectivity index (χ1n) is 10.6. The van der Waals surface area contributed by atoms with E-state index in [1.807, 2.05) is 24.3 Å². The van der Waals surface area contributed by atoms with Crippen molar-refractivity contribution in [1.29, 1.82) is 0 Å². The number of pyridine rings is 1. The zero-order valence-electron chi connectivity index (χ0n) is 18.2. The van der Waals surface area contributed by atoms with Crippen LogP contribution in [-0.2, 0) is 20.7 Å². The van der Waals surface area contributed by atoms with Gasteiger partial charge in [-0.1, -0.05) is 24.3 Å². The van der Waals surface area contributed by atoms with Gasteiger partial charge in [-0.3, -0.25) is 14.6 Å². The second-order valence-corrected chi connectivity index (χ2v) is 7.61. The molecule has 1 aliphatic heterocycles. The third-order valence-corrected chi connectivity index (χ3v) is 5.59. The molecule has 168 valence electrons. The second kappa shape index (κ2) is 9.95. The molecule has 3 aromatic rings. The molecule has 1 unspecified atom stereocenters. The van der Waals surface area contributed by atoms with Crippen LogP contribution in [0.15, 0.2) is 73.1 Å². The first-order chi connectivity index (χ1) is 16.1. The second-order valence-electron chi connectivity index (χ2n) is 7.61. The van der Waals surface area contributed by atoms with Crippen molar-refractivity contribution < 1.29 is 19.1 Å². The van der Waals surface area contributed by atoms with Crippen LogP contribution >= 0.6 is 0 Å². The van der Waals surface area contributed by atoms with E-state index in [4.69, 9.17) is 0 Å². The van der Waals surface area contributed by atoms with E-state index in [0.29, 0.717) is 11.3 Å². The molecular weight excluding hydrogens is 420 g/mol. The van der Waals surface area contributed by atoms with Gasteiger partial charge in [0.1, 0.15) is 0 Å². The molecule has 2 heterocycles. The quantitative estimate of drug-likeness (QED) is 0.448. The molecule has 0 spiro atoms. The summed E-state index contributed by atoms with van der Waals surface area (Å²) in [6.07, 6.45) is 4.40. The largest absolute Gasteiger partial charge is 0.465 e. The lowest BCUT2D eigenvalue weighted by atomic mass is 10.1. The molecule has 0 saturated heterocycles. The summed E-state index contributed by atoms with van der Waals surface area (Å²) in [5.74, 6) is -2.00. The predicted octanol–water partition coefficient (Wildman–Crippen LogP) is 2.73. The van der Waals surface area contributed by atoms with Crippen molar-refractivity contribution in [2.45, 2.75) is 12.5 Å². The highest BCUT2D eigenvalue weighted by Gasteiger charge is 2.28. The number of ether oxygens (including phenoxy) is 1. The van der Waals surface area contributed by atoms with Crippen LogP contribution in [0.5, 0.6) is 0 Å². The molecule has 1 aromatic heterocycles. The summed E-state index contributed by atoms with van der Waals surface area (Å²) in [5.41, 5.74) is 4.08. The van der Waals surface area contributed by atoms with Gasteiger partial charge in [0.05, 0.1) is 18.7 Å². The van der Waals surface area contributed by atoms with E-state index < -0.39 is 17.8 Å². The summed E-state index contributed by atoms with van der Waals surface area (Å²) < 4.78 is 4.65. The minimum atomic E-state index is -0.785. The fourth-order valence-corrected chi connectivity index (χ4v) is 3.93. The Bertz CT molecular complexity index is 1150. The molecule has 1 atom stereocenters. The Morgan fingerprint density at radius 2 is 1.82 bits per heavy atom. The number of methoxy groups -OCH3 is 1. The molecule has 2 amide bonds. The van der Waals surface area contributed by atoms with Crippen LogP contribution < -0.4 is 15.5 Å². The van der Waals surface area contributed by atoms with Crippen molar-refractivity contribution >= 4 is 29.2 Å². The Hall–Kier alpha value is -4.20. The van der Waals surface area contributed by atoms with Crippen molar-refractivity contribution in [2.24, 2.45) is 0 Å². The Balaban J connectivity index is 1.43. The van der Waals surface area contributed by atoms with Gasteiger partial charge >= 0.3 is 17.8 Å². The summed E-state index contributed by atoms with van der Waals surface area (Å²) in [4.78, 5) is 42.9. The van der Waals surface area contributed by atoms with Gasteiger partial charge in [0.25, 0.3) is 0 Å². The minimum Gasteiger partial charge on any atom is -0.465 e. The molecule has 2 N–H and O–H groups in total. The summed E-state index contributed by atoms with van der Waals surface area (Å²) in [7, 11) is 1.29. The Kier molecular flexibility index (Phi) is 6.64. The van der Waals surface area contributed by atoms with E-state index in [1.165, 1.54) is 36.9 Å². The Morgan fingerprint density at radius 1 is 1.03 bits per heavy atom. The molecule has 8 nitrogen and oxygen atoms in total. The molecule has 0 fully saturated rings. The molecule has 0 radical (unpaired) electrons. The molecule has 2 aromatic carbocycles. The van der Waals surface area contributed by atoms with Gasteiger partial charge in [0.15, 0.2) is 0 Å². The van der Waals surface area contributed by atoms with Gasteiger partial charge in [-0.2, -0.15) is 0 Å². The lowest BCUT2D eigenvalue weighted by Gasteiger charge is -2.30. The first-order valence-corrected chi connectivity index (χ1v) is 10.6. The predicted molar refractivity (Wildman–Crippen MR) is 124 cm³/mol. The number of anilines is 2. The SMILES string of the molecule is COC(=O)c1ccc(NC(=O)C(=O)NCC(c2cccnc2)N2CCc3ccccc32)cc1. The van der Waals surface area contributed by atoms with E-state index >= 15 is 0 Å². The van der Waals surface area contributed by atoms with E-state index in [9.17, 15) is 14.4 Å². The fourth-order valence-electron chi connectivity index (χ4n) is 3.93. The average molecular weight is 444 g/mol. The molecular formula is C25H24N4O4. The normalized spacial score (nSPS) is 13.1. The number of para-hydroxylation sites is 1. The van der Waals surface area contributed by atoms with Crippen LogP contribution in [0.3, 0.4) is 0 Å². The van der Waals surface area contributed by atoms with Crippen LogP contribution in [0.25, 0.3) is 0 Å². The average Bonchev–Trinajstić information content (AvgIpc) is 3.28. The van der Waals surface area contributed by atoms with Gasteiger partial charge in [0, 0.05) is 36.9 Å². The number of nitrogens with zero attached hydrogens (tertiary/aromatic N) is 2. The zero-order chi connectivity index (χ0) is 23.2. The van der Waals surface area contributed by atoms with Gasteiger partial charge < -0.3 is 20.3 Å². The fraction of sp³-hybridized carbons (Fsp3) is 0.200. The van der Waals surface area contributed by atoms with Crippen molar-refractivity contribution in [3.63, 3.8) is 0 Å². The molecule has 4 rings (SSSR count). The van der Waals surface area contributed by atoms with Crippen LogP contribution in [-0.4, -0.2) is 43.0 Å². The van der Waals surface area contributed by atoms with E-state index in [2.05, 4.69) is 37.4 Å². The molecule has 0 saturated carbocycles. The highest BCUT2D eigenvalue weighted by molar-refractivity contribution is 6.39. The monoisotopic (exact) mass is 444 g/mol. The Labute approximate surface area is 191 Å². The number of rotatable bonds is 6. The van der Waals surface area contributed by atoms with Crippen LogP contribution in [0.4, 0.5) is 11.4 Å². The number of esters is 1. The molecule has 8 heteroatoms. The van der Waals surface area contributed by atoms with Crippen LogP contribution in [0.2, 0.25) is 0 Å². The summed E-state index contributed by atoms with van der Waals surface area (Å²) in [6, 6.07) is 18.0. The lowest BCUT2D eigenvalue weighted by Crippen LogP contribution is -2.41. The summed E-state index contributed by atoms with van der Waals surface area (Å²) >= 11 is 0. The van der Waals surface area contributed by atoms with E-state index in [1.54, 1.807) is 12.4 Å². The van der Waals surface area contributed by atoms with Crippen molar-refractivity contribution in [2.75, 3.05) is 30.4 Å². The van der Waals surface area contributed by atoms with E-state index in [0.717, 1.165) is 24.2 Å². The lowest BCUT2D eigenvalue weighted by molar-refractivity contribution is -0.136. The minimum absolute atomic E-state index is 0.168. The number of amides is 2. The number of nitrogens with one attached hydrogen (secondary N) is 2. The maximum atomic E-state index is 12.5. The first kappa shape index (κ1) is 22.0. The number of aromatic nitrogens is 1. The van der Waals surface area contributed by atoms with Gasteiger partial charge in [0.2, 0.25) is 0 Å². The number of carbonyl (C=O) groups is 3. The van der Waals surface area contributed by atoms with Gasteiger partial charge in [-0.15, -0.1) is 0 Å². The number of hydrogen-bond donors (Lipinski definition) is 2.